The number of aromatic nitrogens is 3. The van der Waals surface area contributed by atoms with Gasteiger partial charge in [0.2, 0.25) is 5.82 Å². The number of aromatic amines is 1. The van der Waals surface area contributed by atoms with Gasteiger partial charge in [-0.25, -0.2) is 9.78 Å². The highest BCUT2D eigenvalue weighted by molar-refractivity contribution is 7.99. The maximum absolute atomic E-state index is 12.1. The SMILES string of the molecule is CC(C)c1nc(C(=O)N2CSCC2C(=O)O)n[nH]1. The third-order valence-electron chi connectivity index (χ3n) is 2.67. The second-order valence-corrected chi connectivity index (χ2v) is 5.33. The van der Waals surface area contributed by atoms with Crippen LogP contribution < -0.4 is 0 Å². The normalized spacial score (nSPS) is 19.5. The van der Waals surface area contributed by atoms with Crippen molar-refractivity contribution in [1.29, 1.82) is 0 Å². The molecule has 2 heterocycles. The first-order valence-electron chi connectivity index (χ1n) is 5.54. The predicted molar refractivity (Wildman–Crippen MR) is 65.4 cm³/mol. The molecule has 0 bridgehead atoms. The summed E-state index contributed by atoms with van der Waals surface area (Å²) in [5.74, 6) is 0.138. The van der Waals surface area contributed by atoms with Gasteiger partial charge in [-0.3, -0.25) is 9.89 Å². The van der Waals surface area contributed by atoms with Gasteiger partial charge in [-0.15, -0.1) is 16.9 Å². The van der Waals surface area contributed by atoms with Crippen LogP contribution in [0.15, 0.2) is 0 Å². The summed E-state index contributed by atoms with van der Waals surface area (Å²) < 4.78 is 0. The minimum atomic E-state index is -0.993. The van der Waals surface area contributed by atoms with Crippen molar-refractivity contribution in [2.75, 3.05) is 11.6 Å². The number of thioether (sulfide) groups is 1. The quantitative estimate of drug-likeness (QED) is 0.831. The molecule has 18 heavy (non-hydrogen) atoms. The van der Waals surface area contributed by atoms with Crippen LogP contribution in [0.25, 0.3) is 0 Å². The Morgan fingerprint density at radius 3 is 2.83 bits per heavy atom. The van der Waals surface area contributed by atoms with Gasteiger partial charge in [-0.1, -0.05) is 13.8 Å². The van der Waals surface area contributed by atoms with E-state index in [1.807, 2.05) is 13.8 Å². The molecule has 1 atom stereocenters. The Morgan fingerprint density at radius 1 is 1.56 bits per heavy atom. The average Bonchev–Trinajstić information content (AvgIpc) is 2.97. The molecule has 1 saturated heterocycles. The van der Waals surface area contributed by atoms with Crippen LogP contribution >= 0.6 is 11.8 Å². The van der Waals surface area contributed by atoms with Crippen molar-refractivity contribution in [3.05, 3.63) is 11.6 Å². The third kappa shape index (κ3) is 2.33. The Hall–Kier alpha value is -1.57. The van der Waals surface area contributed by atoms with Crippen molar-refractivity contribution in [1.82, 2.24) is 20.1 Å². The van der Waals surface area contributed by atoms with Crippen LogP contribution in [0, 0.1) is 0 Å². The van der Waals surface area contributed by atoms with Crippen LogP contribution in [0.5, 0.6) is 0 Å². The zero-order valence-corrected chi connectivity index (χ0v) is 10.9. The van der Waals surface area contributed by atoms with Crippen LogP contribution in [0.3, 0.4) is 0 Å². The molecule has 0 saturated carbocycles. The fraction of sp³-hybridized carbons (Fsp3) is 0.600. The molecule has 0 spiro atoms. The minimum absolute atomic E-state index is 0.0347. The number of carboxylic acid groups (broad SMARTS) is 1. The molecule has 98 valence electrons. The van der Waals surface area contributed by atoms with Gasteiger partial charge in [0, 0.05) is 11.7 Å². The van der Waals surface area contributed by atoms with E-state index in [9.17, 15) is 9.59 Å². The lowest BCUT2D eigenvalue weighted by atomic mass is 10.2. The molecule has 7 nitrogen and oxygen atoms in total. The number of hydrogen-bond acceptors (Lipinski definition) is 5. The highest BCUT2D eigenvalue weighted by atomic mass is 32.2. The van der Waals surface area contributed by atoms with Crippen LogP contribution in [0.4, 0.5) is 0 Å². The Kier molecular flexibility index (Phi) is 3.55. The van der Waals surface area contributed by atoms with E-state index in [2.05, 4.69) is 15.2 Å². The van der Waals surface area contributed by atoms with Gasteiger partial charge >= 0.3 is 5.97 Å². The molecule has 2 rings (SSSR count). The number of aliphatic carboxylic acids is 1. The van der Waals surface area contributed by atoms with Gasteiger partial charge in [-0.2, -0.15) is 0 Å². The Labute approximate surface area is 108 Å². The molecule has 1 aliphatic rings. The third-order valence-corrected chi connectivity index (χ3v) is 3.68. The summed E-state index contributed by atoms with van der Waals surface area (Å²) >= 11 is 1.41. The topological polar surface area (TPSA) is 99.2 Å². The van der Waals surface area contributed by atoms with E-state index in [0.29, 0.717) is 17.5 Å². The molecular formula is C10H14N4O3S. The number of rotatable bonds is 3. The Bertz CT molecular complexity index is 473. The van der Waals surface area contributed by atoms with Gasteiger partial charge in [0.1, 0.15) is 11.9 Å². The van der Waals surface area contributed by atoms with E-state index in [1.165, 1.54) is 16.7 Å². The Morgan fingerprint density at radius 2 is 2.28 bits per heavy atom. The summed E-state index contributed by atoms with van der Waals surface area (Å²) in [5.41, 5.74) is 0. The first-order valence-corrected chi connectivity index (χ1v) is 6.70. The highest BCUT2D eigenvalue weighted by Gasteiger charge is 2.36. The van der Waals surface area contributed by atoms with E-state index >= 15 is 0 Å². The summed E-state index contributed by atoms with van der Waals surface area (Å²) in [6, 6.07) is -0.788. The fourth-order valence-corrected chi connectivity index (χ4v) is 2.75. The molecule has 0 aromatic carbocycles. The standard InChI is InChI=1S/C10H14N4O3S/c1-5(2)7-11-8(13-12-7)9(15)14-4-18-3-6(14)10(16)17/h5-6H,3-4H2,1-2H3,(H,16,17)(H,11,12,13). The van der Waals surface area contributed by atoms with E-state index < -0.39 is 17.9 Å². The van der Waals surface area contributed by atoms with Crippen LogP contribution in [-0.4, -0.2) is 54.7 Å². The van der Waals surface area contributed by atoms with Crippen molar-refractivity contribution < 1.29 is 14.7 Å². The zero-order chi connectivity index (χ0) is 13.3. The number of carbonyl (C=O) groups is 2. The summed E-state index contributed by atoms with van der Waals surface area (Å²) in [7, 11) is 0. The Balaban J connectivity index is 2.17. The van der Waals surface area contributed by atoms with Crippen molar-refractivity contribution in [2.24, 2.45) is 0 Å². The first-order chi connectivity index (χ1) is 8.50. The summed E-state index contributed by atoms with van der Waals surface area (Å²) in [6.07, 6.45) is 0. The predicted octanol–water partition coefficient (Wildman–Crippen LogP) is 0.528. The van der Waals surface area contributed by atoms with Gasteiger partial charge < -0.3 is 10.0 Å². The highest BCUT2D eigenvalue weighted by Crippen LogP contribution is 2.22. The molecule has 2 N–H and O–H groups in total. The van der Waals surface area contributed by atoms with Crippen LogP contribution in [-0.2, 0) is 4.79 Å². The van der Waals surface area contributed by atoms with E-state index in [1.54, 1.807) is 0 Å². The second kappa shape index (κ2) is 4.97. The van der Waals surface area contributed by atoms with Gasteiger partial charge in [0.25, 0.3) is 5.91 Å². The van der Waals surface area contributed by atoms with Gasteiger partial charge in [0.15, 0.2) is 0 Å². The van der Waals surface area contributed by atoms with Gasteiger partial charge in [-0.05, 0) is 0 Å². The van der Waals surface area contributed by atoms with Crippen molar-refractivity contribution in [3.8, 4) is 0 Å². The molecule has 1 aromatic rings. The van der Waals surface area contributed by atoms with Gasteiger partial charge in [0.05, 0.1) is 5.88 Å². The number of carboxylic acids is 1. The van der Waals surface area contributed by atoms with Crippen molar-refractivity contribution in [2.45, 2.75) is 25.8 Å². The van der Waals surface area contributed by atoms with E-state index in [4.69, 9.17) is 5.11 Å². The lowest BCUT2D eigenvalue weighted by Gasteiger charge is -2.18. The molecular weight excluding hydrogens is 256 g/mol. The number of nitrogens with zero attached hydrogens (tertiary/aromatic N) is 3. The van der Waals surface area contributed by atoms with Crippen molar-refractivity contribution >= 4 is 23.6 Å². The molecule has 1 aliphatic heterocycles. The molecule has 0 aliphatic carbocycles. The maximum Gasteiger partial charge on any atom is 0.327 e. The zero-order valence-electron chi connectivity index (χ0n) is 10.1. The van der Waals surface area contributed by atoms with E-state index in [-0.39, 0.29) is 11.7 Å². The summed E-state index contributed by atoms with van der Waals surface area (Å²) in [6.45, 7) is 3.86. The molecule has 0 radical (unpaired) electrons. The van der Waals surface area contributed by atoms with Crippen LogP contribution in [0.1, 0.15) is 36.2 Å². The largest absolute Gasteiger partial charge is 0.480 e. The maximum atomic E-state index is 12.1. The minimum Gasteiger partial charge on any atom is -0.480 e. The van der Waals surface area contributed by atoms with E-state index in [0.717, 1.165) is 0 Å². The second-order valence-electron chi connectivity index (χ2n) is 4.33. The molecule has 1 aromatic heterocycles. The molecule has 8 heteroatoms. The number of carbonyl (C=O) groups excluding carboxylic acids is 1. The van der Waals surface area contributed by atoms with Crippen LogP contribution in [0.2, 0.25) is 0 Å². The summed E-state index contributed by atoms with van der Waals surface area (Å²) in [4.78, 5) is 28.5. The first kappa shape index (κ1) is 12.9. The number of amides is 1. The number of nitrogens with one attached hydrogen (secondary N) is 1. The smallest absolute Gasteiger partial charge is 0.327 e. The monoisotopic (exact) mass is 270 g/mol. The number of H-pyrrole nitrogens is 1. The molecule has 1 fully saturated rings. The lowest BCUT2D eigenvalue weighted by Crippen LogP contribution is -2.42. The fourth-order valence-electron chi connectivity index (χ4n) is 1.60. The lowest BCUT2D eigenvalue weighted by molar-refractivity contribution is -0.140. The number of hydrogen-bond donors (Lipinski definition) is 2. The molecule has 1 unspecified atom stereocenters. The summed E-state index contributed by atoms with van der Waals surface area (Å²) in [5, 5.41) is 15.6. The molecule has 1 amide bonds. The average molecular weight is 270 g/mol. The van der Waals surface area contributed by atoms with Crippen molar-refractivity contribution in [3.63, 3.8) is 0 Å².